The van der Waals surface area contributed by atoms with Gasteiger partial charge in [0.2, 0.25) is 0 Å². The molecular formula is C10H12BrS. The average molecular weight is 244 g/mol. The van der Waals surface area contributed by atoms with Gasteiger partial charge in [-0.05, 0) is 35.9 Å². The molecule has 12 heavy (non-hydrogen) atoms. The minimum atomic E-state index is 1.16. The van der Waals surface area contributed by atoms with Gasteiger partial charge in [0.25, 0.3) is 0 Å². The van der Waals surface area contributed by atoms with E-state index in [0.717, 1.165) is 4.47 Å². The van der Waals surface area contributed by atoms with Crippen molar-refractivity contribution < 1.29 is 0 Å². The smallest absolute Gasteiger partial charge is 0.0189 e. The highest BCUT2D eigenvalue weighted by atomic mass is 79.9. The van der Waals surface area contributed by atoms with Crippen molar-refractivity contribution in [3.05, 3.63) is 34.2 Å². The largest absolute Gasteiger partial charge is 0.130 e. The Hall–Kier alpha value is 0.0500. The van der Waals surface area contributed by atoms with E-state index in [4.69, 9.17) is 0 Å². The number of hydrogen-bond acceptors (Lipinski definition) is 1. The van der Waals surface area contributed by atoms with Gasteiger partial charge in [0.1, 0.15) is 0 Å². The molecule has 0 N–H and O–H groups in total. The summed E-state index contributed by atoms with van der Waals surface area (Å²) in [5.41, 5.74) is 1.31. The zero-order valence-corrected chi connectivity index (χ0v) is 9.92. The summed E-state index contributed by atoms with van der Waals surface area (Å²) in [5.74, 6) is 1.35. The molecule has 1 radical (unpaired) electrons. The monoisotopic (exact) mass is 243 g/mol. The summed E-state index contributed by atoms with van der Waals surface area (Å²) < 4.78 is 1.16. The van der Waals surface area contributed by atoms with E-state index < -0.39 is 0 Å². The van der Waals surface area contributed by atoms with Gasteiger partial charge in [0, 0.05) is 9.37 Å². The van der Waals surface area contributed by atoms with Gasteiger partial charge < -0.3 is 0 Å². The Balaban J connectivity index is 3.06. The SMILES string of the molecule is CSc1cc(Br)cc([C](C)C)c1. The van der Waals surface area contributed by atoms with Crippen molar-refractivity contribution >= 4 is 27.7 Å². The summed E-state index contributed by atoms with van der Waals surface area (Å²) in [5, 5.41) is 0. The molecule has 1 aromatic carbocycles. The van der Waals surface area contributed by atoms with Crippen molar-refractivity contribution in [3.63, 3.8) is 0 Å². The second kappa shape index (κ2) is 4.33. The molecule has 0 atom stereocenters. The van der Waals surface area contributed by atoms with Crippen LogP contribution in [0.4, 0.5) is 0 Å². The lowest BCUT2D eigenvalue weighted by atomic mass is 10.0. The van der Waals surface area contributed by atoms with Gasteiger partial charge in [-0.1, -0.05) is 29.8 Å². The third-order valence-corrected chi connectivity index (χ3v) is 2.85. The number of benzene rings is 1. The predicted octanol–water partition coefficient (Wildman–Crippen LogP) is 4.13. The van der Waals surface area contributed by atoms with Crippen molar-refractivity contribution in [2.75, 3.05) is 6.26 Å². The van der Waals surface area contributed by atoms with E-state index in [1.54, 1.807) is 11.8 Å². The van der Waals surface area contributed by atoms with E-state index in [1.807, 2.05) is 0 Å². The molecule has 0 aliphatic rings. The molecule has 0 aromatic heterocycles. The lowest BCUT2D eigenvalue weighted by Gasteiger charge is -2.07. The molecule has 1 aromatic rings. The summed E-state index contributed by atoms with van der Waals surface area (Å²) >= 11 is 5.27. The van der Waals surface area contributed by atoms with Crippen LogP contribution in [0.1, 0.15) is 19.4 Å². The fourth-order valence-corrected chi connectivity index (χ4v) is 2.10. The molecule has 0 aliphatic carbocycles. The van der Waals surface area contributed by atoms with Crippen LogP contribution >= 0.6 is 27.7 Å². The molecule has 0 amide bonds. The number of rotatable bonds is 2. The van der Waals surface area contributed by atoms with Crippen LogP contribution < -0.4 is 0 Å². The Kier molecular flexibility index (Phi) is 3.66. The summed E-state index contributed by atoms with van der Waals surface area (Å²) in [6.45, 7) is 4.26. The Morgan fingerprint density at radius 3 is 2.42 bits per heavy atom. The molecule has 0 fully saturated rings. The molecule has 2 heteroatoms. The van der Waals surface area contributed by atoms with Crippen LogP contribution in [0, 0.1) is 5.92 Å². The maximum Gasteiger partial charge on any atom is 0.0189 e. The Bertz CT molecular complexity index is 269. The molecule has 0 aliphatic heterocycles. The van der Waals surface area contributed by atoms with Crippen LogP contribution in [0.25, 0.3) is 0 Å². The normalized spacial score (nSPS) is 10.8. The van der Waals surface area contributed by atoms with Gasteiger partial charge >= 0.3 is 0 Å². The molecule has 0 nitrogen and oxygen atoms in total. The number of thioether (sulfide) groups is 1. The maximum atomic E-state index is 3.50. The van der Waals surface area contributed by atoms with Crippen molar-refractivity contribution in [2.45, 2.75) is 18.7 Å². The summed E-state index contributed by atoms with van der Waals surface area (Å²) in [7, 11) is 0. The molecular weight excluding hydrogens is 232 g/mol. The first kappa shape index (κ1) is 10.1. The van der Waals surface area contributed by atoms with Crippen LogP contribution in [0.15, 0.2) is 27.6 Å². The fraction of sp³-hybridized carbons (Fsp3) is 0.300. The van der Waals surface area contributed by atoms with Crippen molar-refractivity contribution in [3.8, 4) is 0 Å². The lowest BCUT2D eigenvalue weighted by molar-refractivity contribution is 1.13. The summed E-state index contributed by atoms with van der Waals surface area (Å²) in [6.07, 6.45) is 2.09. The van der Waals surface area contributed by atoms with E-state index in [1.165, 1.54) is 16.4 Å². The summed E-state index contributed by atoms with van der Waals surface area (Å²) in [4.78, 5) is 1.31. The van der Waals surface area contributed by atoms with Crippen LogP contribution in [0.3, 0.4) is 0 Å². The van der Waals surface area contributed by atoms with Gasteiger partial charge in [0.05, 0.1) is 0 Å². The standard InChI is InChI=1S/C10H12BrS/c1-7(2)8-4-9(11)6-10(5-8)12-3/h4-6H,1-3H3. The third kappa shape index (κ3) is 2.53. The molecule has 1 rings (SSSR count). The van der Waals surface area contributed by atoms with E-state index in [0.29, 0.717) is 0 Å². The second-order valence-corrected chi connectivity index (χ2v) is 4.68. The first-order valence-electron chi connectivity index (χ1n) is 3.78. The van der Waals surface area contributed by atoms with Crippen molar-refractivity contribution in [1.29, 1.82) is 0 Å². The van der Waals surface area contributed by atoms with Gasteiger partial charge in [-0.25, -0.2) is 0 Å². The molecule has 0 bridgehead atoms. The highest BCUT2D eigenvalue weighted by molar-refractivity contribution is 9.10. The fourth-order valence-electron chi connectivity index (χ4n) is 0.969. The Morgan fingerprint density at radius 1 is 1.25 bits per heavy atom. The van der Waals surface area contributed by atoms with Crippen molar-refractivity contribution in [2.24, 2.45) is 0 Å². The van der Waals surface area contributed by atoms with E-state index >= 15 is 0 Å². The van der Waals surface area contributed by atoms with Gasteiger partial charge in [-0.2, -0.15) is 0 Å². The topological polar surface area (TPSA) is 0 Å². The first-order valence-corrected chi connectivity index (χ1v) is 5.80. The zero-order chi connectivity index (χ0) is 9.14. The zero-order valence-electron chi connectivity index (χ0n) is 7.52. The molecule has 65 valence electrons. The highest BCUT2D eigenvalue weighted by Crippen LogP contribution is 2.25. The van der Waals surface area contributed by atoms with Crippen LogP contribution in [-0.4, -0.2) is 6.26 Å². The Morgan fingerprint density at radius 2 is 1.92 bits per heavy atom. The van der Waals surface area contributed by atoms with Crippen LogP contribution in [0.5, 0.6) is 0 Å². The summed E-state index contributed by atoms with van der Waals surface area (Å²) in [6, 6.07) is 6.50. The highest BCUT2D eigenvalue weighted by Gasteiger charge is 2.02. The van der Waals surface area contributed by atoms with E-state index in [-0.39, 0.29) is 0 Å². The van der Waals surface area contributed by atoms with Gasteiger partial charge in [-0.3, -0.25) is 0 Å². The van der Waals surface area contributed by atoms with Crippen LogP contribution in [-0.2, 0) is 0 Å². The van der Waals surface area contributed by atoms with Crippen molar-refractivity contribution in [1.82, 2.24) is 0 Å². The van der Waals surface area contributed by atoms with Gasteiger partial charge in [-0.15, -0.1) is 11.8 Å². The van der Waals surface area contributed by atoms with E-state index in [2.05, 4.69) is 54.2 Å². The lowest BCUT2D eigenvalue weighted by Crippen LogP contribution is -1.88. The number of hydrogen-bond donors (Lipinski definition) is 0. The molecule has 0 saturated carbocycles. The number of halogens is 1. The third-order valence-electron chi connectivity index (χ3n) is 1.68. The molecule has 0 unspecified atom stereocenters. The average Bonchev–Trinajstić information content (AvgIpc) is 2.03. The predicted molar refractivity (Wildman–Crippen MR) is 59.6 cm³/mol. The minimum absolute atomic E-state index is 1.16. The molecule has 0 saturated heterocycles. The minimum Gasteiger partial charge on any atom is -0.130 e. The van der Waals surface area contributed by atoms with E-state index in [9.17, 15) is 0 Å². The maximum absolute atomic E-state index is 3.50. The van der Waals surface area contributed by atoms with Gasteiger partial charge in [0.15, 0.2) is 0 Å². The van der Waals surface area contributed by atoms with Crippen LogP contribution in [0.2, 0.25) is 0 Å². The Labute approximate surface area is 86.9 Å². The first-order chi connectivity index (χ1) is 5.63. The second-order valence-electron chi connectivity index (χ2n) is 2.88. The molecule has 0 spiro atoms. The quantitative estimate of drug-likeness (QED) is 0.705. The molecule has 0 heterocycles.